The summed E-state index contributed by atoms with van der Waals surface area (Å²) in [7, 11) is 13.3. The fourth-order valence-electron chi connectivity index (χ4n) is 10.5. The molecule has 450 valence electrons. The van der Waals surface area contributed by atoms with Crippen LogP contribution in [0, 0.1) is 27.7 Å². The SMILES string of the molecule is COc1cc(C=C[Si]Oc2ccccc2C(CCC(c2ccccc2O[Si]C=Cc2cc(OC)c(C)c(OC)c2)c2ccccc2O[Si]C=Cc2cc(OC)c(C)c(OC)c2)c2ccccc2O[Si]C=Cc2cc(OC)c(C)c(OC)c2)cc(OC)c1C. The highest BCUT2D eigenvalue weighted by molar-refractivity contribution is 6.38. The number of hydrogen-bond donors (Lipinski definition) is 0. The summed E-state index contributed by atoms with van der Waals surface area (Å²) in [6, 6.07) is 49.3. The highest BCUT2D eigenvalue weighted by Gasteiger charge is 2.28. The first-order valence-electron chi connectivity index (χ1n) is 28.6. The molecule has 0 unspecified atom stereocenters. The van der Waals surface area contributed by atoms with E-state index in [0.717, 1.165) is 136 Å². The van der Waals surface area contributed by atoms with Crippen molar-refractivity contribution in [2.45, 2.75) is 52.4 Å². The van der Waals surface area contributed by atoms with Gasteiger partial charge in [0.1, 0.15) is 69.0 Å². The van der Waals surface area contributed by atoms with Gasteiger partial charge in [0.05, 0.1) is 56.9 Å². The minimum absolute atomic E-state index is 0.00757. The molecule has 0 bridgehead atoms. The average molecular weight is 1240 g/mol. The van der Waals surface area contributed by atoms with Crippen molar-refractivity contribution in [3.63, 3.8) is 0 Å². The molecule has 0 amide bonds. The maximum Gasteiger partial charge on any atom is 0.343 e. The van der Waals surface area contributed by atoms with Crippen LogP contribution in [0.2, 0.25) is 0 Å². The Kier molecular flexibility index (Phi) is 24.3. The zero-order chi connectivity index (χ0) is 62.4. The second kappa shape index (κ2) is 32.8. The lowest BCUT2D eigenvalue weighted by molar-refractivity contribution is 0.388. The highest BCUT2D eigenvalue weighted by Crippen LogP contribution is 2.46. The van der Waals surface area contributed by atoms with Crippen LogP contribution >= 0.6 is 0 Å². The molecular formula is C72H74O12Si4. The lowest BCUT2D eigenvalue weighted by atomic mass is 9.80. The molecule has 0 aliphatic heterocycles. The molecule has 0 aliphatic carbocycles. The van der Waals surface area contributed by atoms with Gasteiger partial charge in [-0.3, -0.25) is 0 Å². The maximum atomic E-state index is 6.81. The van der Waals surface area contributed by atoms with E-state index in [1.54, 1.807) is 56.9 Å². The van der Waals surface area contributed by atoms with Crippen molar-refractivity contribution >= 4 is 63.4 Å². The lowest BCUT2D eigenvalue weighted by Gasteiger charge is -2.27. The van der Waals surface area contributed by atoms with Gasteiger partial charge in [0.15, 0.2) is 0 Å². The molecule has 8 rings (SSSR count). The number of methoxy groups -OCH3 is 8. The van der Waals surface area contributed by atoms with E-state index in [1.807, 2.05) is 148 Å². The molecule has 0 atom stereocenters. The van der Waals surface area contributed by atoms with Crippen LogP contribution in [0.3, 0.4) is 0 Å². The highest BCUT2D eigenvalue weighted by atomic mass is 28.2. The molecular weight excluding hydrogens is 1170 g/mol. The Labute approximate surface area is 529 Å². The topological polar surface area (TPSA) is 111 Å². The van der Waals surface area contributed by atoms with Crippen LogP contribution in [0.4, 0.5) is 0 Å². The average Bonchev–Trinajstić information content (AvgIpc) is 2.09. The monoisotopic (exact) mass is 1240 g/mol. The molecule has 8 radical (unpaired) electrons. The van der Waals surface area contributed by atoms with Gasteiger partial charge in [-0.1, -0.05) is 120 Å². The number of benzene rings is 8. The number of ether oxygens (including phenoxy) is 8. The zero-order valence-corrected chi connectivity index (χ0v) is 55.9. The third-order valence-electron chi connectivity index (χ3n) is 15.1. The third-order valence-corrected chi connectivity index (χ3v) is 17.6. The summed E-state index contributed by atoms with van der Waals surface area (Å²) >= 11 is 0. The molecule has 0 spiro atoms. The van der Waals surface area contributed by atoms with Gasteiger partial charge in [-0.25, -0.2) is 0 Å². The summed E-state index contributed by atoms with van der Waals surface area (Å²) in [6.45, 7) is 7.94. The second-order valence-corrected chi connectivity index (χ2v) is 23.3. The minimum atomic E-state index is -0.212. The minimum Gasteiger partial charge on any atom is -0.536 e. The molecule has 0 aromatic heterocycles. The molecule has 0 fully saturated rings. The second-order valence-electron chi connectivity index (χ2n) is 20.2. The van der Waals surface area contributed by atoms with E-state index >= 15 is 0 Å². The largest absolute Gasteiger partial charge is 0.536 e. The van der Waals surface area contributed by atoms with Crippen LogP contribution in [0.1, 0.15) is 91.4 Å². The predicted octanol–water partition coefficient (Wildman–Crippen LogP) is 15.4. The van der Waals surface area contributed by atoms with E-state index in [-0.39, 0.29) is 50.9 Å². The summed E-state index contributed by atoms with van der Waals surface area (Å²) in [6.07, 6.45) is 9.47. The molecule has 8 aromatic carbocycles. The summed E-state index contributed by atoms with van der Waals surface area (Å²) in [5, 5.41) is 0. The molecule has 0 aliphatic rings. The van der Waals surface area contributed by atoms with Crippen molar-refractivity contribution in [2.75, 3.05) is 56.9 Å². The zero-order valence-electron chi connectivity index (χ0n) is 51.9. The van der Waals surface area contributed by atoms with Gasteiger partial charge in [-0.2, -0.15) is 0 Å². The van der Waals surface area contributed by atoms with E-state index in [0.29, 0.717) is 12.8 Å². The summed E-state index contributed by atoms with van der Waals surface area (Å²) in [5.74, 6) is 8.67. The van der Waals surface area contributed by atoms with Gasteiger partial charge < -0.3 is 55.6 Å². The Bertz CT molecular complexity index is 3170. The van der Waals surface area contributed by atoms with E-state index in [4.69, 9.17) is 55.6 Å². The molecule has 16 heteroatoms. The van der Waals surface area contributed by atoms with Crippen molar-refractivity contribution < 1.29 is 55.6 Å². The first-order chi connectivity index (χ1) is 42.9. The van der Waals surface area contributed by atoms with Gasteiger partial charge >= 0.3 is 39.1 Å². The molecule has 0 saturated heterocycles. The van der Waals surface area contributed by atoms with Crippen LogP contribution in [0.5, 0.6) is 69.0 Å². The molecule has 12 nitrogen and oxygen atoms in total. The van der Waals surface area contributed by atoms with Crippen LogP contribution < -0.4 is 55.6 Å². The number of para-hydroxylation sites is 4. The number of rotatable bonds is 31. The van der Waals surface area contributed by atoms with Crippen molar-refractivity contribution in [2.24, 2.45) is 0 Å². The van der Waals surface area contributed by atoms with Gasteiger partial charge in [0.25, 0.3) is 0 Å². The Morgan fingerprint density at radius 2 is 0.455 bits per heavy atom. The van der Waals surface area contributed by atoms with Crippen molar-refractivity contribution in [3.05, 3.63) is 235 Å². The van der Waals surface area contributed by atoms with Gasteiger partial charge in [-0.15, -0.1) is 0 Å². The van der Waals surface area contributed by atoms with Crippen molar-refractivity contribution in [1.29, 1.82) is 0 Å². The van der Waals surface area contributed by atoms with Gasteiger partial charge in [0.2, 0.25) is 0 Å². The molecule has 8 aromatic rings. The lowest BCUT2D eigenvalue weighted by Crippen LogP contribution is -2.13. The van der Waals surface area contributed by atoms with Crippen LogP contribution in [0.25, 0.3) is 24.3 Å². The van der Waals surface area contributed by atoms with Crippen molar-refractivity contribution in [3.8, 4) is 69.0 Å². The fraction of sp³-hybridized carbons (Fsp3) is 0.222. The summed E-state index contributed by atoms with van der Waals surface area (Å²) in [4.78, 5) is 0. The molecule has 0 saturated carbocycles. The fourth-order valence-corrected chi connectivity index (χ4v) is 13.0. The van der Waals surface area contributed by atoms with Gasteiger partial charge in [-0.05, 0) is 136 Å². The molecule has 0 N–H and O–H groups in total. The summed E-state index contributed by atoms with van der Waals surface area (Å²) in [5.41, 5.74) is 19.8. The van der Waals surface area contributed by atoms with E-state index in [2.05, 4.69) is 72.8 Å². The quantitative estimate of drug-likeness (QED) is 0.0386. The standard InChI is InChI=1S/C72H74O12Si4/c1-47-65(73-5)39-51(40-66(47)74-6)31-35-85-81-61-25-17-13-21-57(61)55(58-22-14-18-26-62(58)82-86-36-32-52-41-67(75-7)48(2)68(42-52)76-8)29-30-56(59-23-15-19-27-63(59)83-87-37-33-53-43-69(77-9)49(3)70(44-53)78-10)60-24-16-20-28-64(60)84-88-38-34-54-45-71(79-11)50(4)72(46-54)80-12/h13-28,31-46,55-56H,29-30H2,1-12H3. The Hall–Kier alpha value is -8.81. The first-order valence-corrected chi connectivity index (χ1v) is 32.5. The summed E-state index contributed by atoms with van der Waals surface area (Å²) < 4.78 is 72.7. The van der Waals surface area contributed by atoms with Crippen molar-refractivity contribution in [1.82, 2.24) is 0 Å². The predicted molar refractivity (Wildman–Crippen MR) is 357 cm³/mol. The Balaban J connectivity index is 1.17. The van der Waals surface area contributed by atoms with E-state index in [1.165, 1.54) is 0 Å². The van der Waals surface area contributed by atoms with Crippen LogP contribution in [-0.4, -0.2) is 95.9 Å². The van der Waals surface area contributed by atoms with Gasteiger partial charge in [0, 0.05) is 56.3 Å². The molecule has 88 heavy (non-hydrogen) atoms. The van der Waals surface area contributed by atoms with Crippen LogP contribution in [-0.2, 0) is 0 Å². The van der Waals surface area contributed by atoms with Crippen LogP contribution in [0.15, 0.2) is 168 Å². The van der Waals surface area contributed by atoms with E-state index in [9.17, 15) is 0 Å². The Morgan fingerprint density at radius 3 is 0.636 bits per heavy atom. The normalized spacial score (nSPS) is 12.1. The smallest absolute Gasteiger partial charge is 0.343 e. The molecule has 0 heterocycles. The third kappa shape index (κ3) is 16.6. The Morgan fingerprint density at radius 1 is 0.273 bits per heavy atom. The van der Waals surface area contributed by atoms with E-state index < -0.39 is 0 Å². The number of hydrogen-bond acceptors (Lipinski definition) is 12. The maximum absolute atomic E-state index is 6.81. The first kappa shape index (κ1) is 65.2.